The maximum absolute atomic E-state index is 13.2. The first-order chi connectivity index (χ1) is 13.5. The lowest BCUT2D eigenvalue weighted by Crippen LogP contribution is -2.27. The molecule has 0 saturated carbocycles. The SMILES string of the molecule is CN(C)C1=C2c3ncn(-c4ccc5c(c4)NC(=O)CO5)c(=O)c3SC2NC=C1. The van der Waals surface area contributed by atoms with Crippen molar-refractivity contribution in [1.82, 2.24) is 19.8 Å². The molecule has 142 valence electrons. The highest BCUT2D eigenvalue weighted by molar-refractivity contribution is 8.00. The Bertz CT molecular complexity index is 1130. The van der Waals surface area contributed by atoms with Crippen molar-refractivity contribution in [2.45, 2.75) is 10.3 Å². The van der Waals surface area contributed by atoms with Gasteiger partial charge in [0.2, 0.25) is 0 Å². The Hall–Kier alpha value is -3.20. The monoisotopic (exact) mass is 395 g/mol. The van der Waals surface area contributed by atoms with Gasteiger partial charge in [-0.25, -0.2) is 4.98 Å². The Balaban J connectivity index is 1.62. The number of carbonyl (C=O) groups excluding carboxylic acids is 1. The van der Waals surface area contributed by atoms with Gasteiger partial charge < -0.3 is 20.3 Å². The van der Waals surface area contributed by atoms with Crippen molar-refractivity contribution in [2.24, 2.45) is 0 Å². The van der Waals surface area contributed by atoms with Crippen molar-refractivity contribution in [3.05, 3.63) is 58.5 Å². The summed E-state index contributed by atoms with van der Waals surface area (Å²) in [6, 6.07) is 5.25. The summed E-state index contributed by atoms with van der Waals surface area (Å²) in [4.78, 5) is 32.0. The summed E-state index contributed by atoms with van der Waals surface area (Å²) in [5.41, 5.74) is 3.79. The standard InChI is InChI=1S/C19H17N5O3S/c1-23(2)12-5-6-20-18-15(12)16-17(28-18)19(26)24(9-21-16)10-3-4-13-11(7-10)22-14(25)8-27-13/h3-7,9,18,20H,8H2,1-2H3,(H,22,25). The van der Waals surface area contributed by atoms with Gasteiger partial charge in [-0.2, -0.15) is 0 Å². The van der Waals surface area contributed by atoms with E-state index in [4.69, 9.17) is 4.74 Å². The molecule has 1 aromatic carbocycles. The van der Waals surface area contributed by atoms with E-state index >= 15 is 0 Å². The topological polar surface area (TPSA) is 88.5 Å². The van der Waals surface area contributed by atoms with Crippen molar-refractivity contribution < 1.29 is 9.53 Å². The number of carbonyl (C=O) groups is 1. The maximum Gasteiger partial charge on any atom is 0.272 e. The molecule has 1 unspecified atom stereocenters. The Labute approximate surface area is 164 Å². The van der Waals surface area contributed by atoms with Crippen molar-refractivity contribution in [1.29, 1.82) is 0 Å². The molecule has 1 aromatic heterocycles. The number of allylic oxidation sites excluding steroid dienone is 1. The number of nitrogens with one attached hydrogen (secondary N) is 2. The van der Waals surface area contributed by atoms with Crippen molar-refractivity contribution >= 4 is 28.9 Å². The number of anilines is 1. The molecule has 3 aliphatic heterocycles. The molecule has 9 heteroatoms. The molecule has 5 rings (SSSR count). The average Bonchev–Trinajstić information content (AvgIpc) is 3.07. The van der Waals surface area contributed by atoms with Gasteiger partial charge >= 0.3 is 0 Å². The van der Waals surface area contributed by atoms with Crippen LogP contribution in [0, 0.1) is 0 Å². The first kappa shape index (κ1) is 16.9. The molecule has 0 aliphatic carbocycles. The molecule has 0 radical (unpaired) electrons. The number of hydrogen-bond donors (Lipinski definition) is 2. The molecule has 3 aliphatic rings. The van der Waals surface area contributed by atoms with Gasteiger partial charge in [0.25, 0.3) is 11.5 Å². The number of dihydropyridines is 1. The van der Waals surface area contributed by atoms with Crippen LogP contribution in [0.2, 0.25) is 0 Å². The largest absolute Gasteiger partial charge is 0.482 e. The highest BCUT2D eigenvalue weighted by atomic mass is 32.2. The molecule has 0 fully saturated rings. The van der Waals surface area contributed by atoms with Gasteiger partial charge in [-0.15, -0.1) is 0 Å². The summed E-state index contributed by atoms with van der Waals surface area (Å²) in [5.74, 6) is 0.368. The number of ether oxygens (including phenoxy) is 1. The summed E-state index contributed by atoms with van der Waals surface area (Å²) >= 11 is 1.47. The molecular formula is C19H17N5O3S. The molecule has 1 atom stereocenters. The first-order valence-electron chi connectivity index (χ1n) is 8.73. The van der Waals surface area contributed by atoms with Crippen LogP contribution in [0.4, 0.5) is 5.69 Å². The molecule has 2 N–H and O–H groups in total. The van der Waals surface area contributed by atoms with E-state index < -0.39 is 0 Å². The van der Waals surface area contributed by atoms with E-state index in [0.717, 1.165) is 11.3 Å². The van der Waals surface area contributed by atoms with Crippen LogP contribution < -0.4 is 20.9 Å². The second-order valence-electron chi connectivity index (χ2n) is 6.81. The number of amides is 1. The lowest BCUT2D eigenvalue weighted by molar-refractivity contribution is -0.118. The van der Waals surface area contributed by atoms with Crippen molar-refractivity contribution in [2.75, 3.05) is 26.0 Å². The van der Waals surface area contributed by atoms with E-state index in [2.05, 4.69) is 15.6 Å². The van der Waals surface area contributed by atoms with Crippen LogP contribution in [0.3, 0.4) is 0 Å². The smallest absolute Gasteiger partial charge is 0.272 e. The van der Waals surface area contributed by atoms with Crippen LogP contribution in [0.25, 0.3) is 11.3 Å². The highest BCUT2D eigenvalue weighted by Crippen LogP contribution is 2.44. The van der Waals surface area contributed by atoms with Gasteiger partial charge in [0.1, 0.15) is 22.3 Å². The summed E-state index contributed by atoms with van der Waals surface area (Å²) in [6.45, 7) is -0.00488. The van der Waals surface area contributed by atoms with E-state index in [1.807, 2.05) is 31.3 Å². The van der Waals surface area contributed by atoms with E-state index in [-0.39, 0.29) is 23.4 Å². The summed E-state index contributed by atoms with van der Waals surface area (Å²) < 4.78 is 6.88. The number of rotatable bonds is 2. The molecule has 4 heterocycles. The van der Waals surface area contributed by atoms with Crippen LogP contribution in [-0.2, 0) is 4.79 Å². The normalized spacial score (nSPS) is 19.2. The van der Waals surface area contributed by atoms with Gasteiger partial charge in [-0.1, -0.05) is 11.8 Å². The lowest BCUT2D eigenvalue weighted by atomic mass is 10.1. The number of aromatic nitrogens is 2. The van der Waals surface area contributed by atoms with Crippen LogP contribution in [0.15, 0.2) is 52.2 Å². The van der Waals surface area contributed by atoms with Crippen LogP contribution in [0.1, 0.15) is 5.69 Å². The van der Waals surface area contributed by atoms with Crippen LogP contribution in [0.5, 0.6) is 5.75 Å². The third-order valence-corrected chi connectivity index (χ3v) is 6.02. The predicted molar refractivity (Wildman–Crippen MR) is 106 cm³/mol. The fourth-order valence-corrected chi connectivity index (χ4v) is 4.71. The van der Waals surface area contributed by atoms with E-state index in [1.165, 1.54) is 22.7 Å². The molecule has 0 spiro atoms. The Morgan fingerprint density at radius 2 is 2.18 bits per heavy atom. The van der Waals surface area contributed by atoms with Crippen LogP contribution >= 0.6 is 11.8 Å². The van der Waals surface area contributed by atoms with Gasteiger partial charge in [-0.05, 0) is 30.5 Å². The quantitative estimate of drug-likeness (QED) is 0.794. The Kier molecular flexibility index (Phi) is 3.73. The minimum Gasteiger partial charge on any atom is -0.482 e. The van der Waals surface area contributed by atoms with Gasteiger partial charge in [-0.3, -0.25) is 14.2 Å². The van der Waals surface area contributed by atoms with Gasteiger partial charge in [0.15, 0.2) is 6.61 Å². The van der Waals surface area contributed by atoms with E-state index in [9.17, 15) is 9.59 Å². The minimum absolute atomic E-state index is 0.00488. The van der Waals surface area contributed by atoms with E-state index in [1.54, 1.807) is 18.2 Å². The number of fused-ring (bicyclic) bond motifs is 4. The molecule has 28 heavy (non-hydrogen) atoms. The Morgan fingerprint density at radius 3 is 3.00 bits per heavy atom. The number of hydrogen-bond acceptors (Lipinski definition) is 7. The minimum atomic E-state index is -0.217. The molecule has 1 amide bonds. The summed E-state index contributed by atoms with van der Waals surface area (Å²) in [7, 11) is 3.95. The lowest BCUT2D eigenvalue weighted by Gasteiger charge is -2.24. The predicted octanol–water partition coefficient (Wildman–Crippen LogP) is 1.38. The zero-order valence-corrected chi connectivity index (χ0v) is 16.0. The Morgan fingerprint density at radius 1 is 1.32 bits per heavy atom. The first-order valence-corrected chi connectivity index (χ1v) is 9.61. The second-order valence-corrected chi connectivity index (χ2v) is 7.92. The average molecular weight is 395 g/mol. The number of benzene rings is 1. The van der Waals surface area contributed by atoms with Crippen molar-refractivity contribution in [3.8, 4) is 11.4 Å². The molecule has 0 saturated heterocycles. The van der Waals surface area contributed by atoms with Gasteiger partial charge in [0, 0.05) is 25.4 Å². The molecule has 8 nitrogen and oxygen atoms in total. The maximum atomic E-state index is 13.2. The summed E-state index contributed by atoms with van der Waals surface area (Å²) in [5, 5.41) is 6.02. The highest BCUT2D eigenvalue weighted by Gasteiger charge is 2.35. The van der Waals surface area contributed by atoms with Crippen LogP contribution in [-0.4, -0.2) is 46.4 Å². The van der Waals surface area contributed by atoms with Crippen molar-refractivity contribution in [3.63, 3.8) is 0 Å². The molecule has 0 bridgehead atoms. The zero-order valence-electron chi connectivity index (χ0n) is 15.2. The molecule has 2 aromatic rings. The third-order valence-electron chi connectivity index (χ3n) is 4.80. The fourth-order valence-electron chi connectivity index (χ4n) is 3.51. The number of thioether (sulfide) groups is 1. The number of likely N-dealkylation sites (N-methyl/N-ethyl adjacent to an activating group) is 1. The summed E-state index contributed by atoms with van der Waals surface area (Å²) in [6.07, 6.45) is 5.42. The third kappa shape index (κ3) is 2.50. The van der Waals surface area contributed by atoms with E-state index in [0.29, 0.717) is 27.7 Å². The fraction of sp³-hybridized carbons (Fsp3) is 0.211. The molecular weight excluding hydrogens is 378 g/mol. The zero-order chi connectivity index (χ0) is 19.4. The number of nitrogens with zero attached hydrogens (tertiary/aromatic N) is 3. The second kappa shape index (κ2) is 6.16. The van der Waals surface area contributed by atoms with Gasteiger partial charge in [0.05, 0.1) is 17.1 Å².